The molecule has 0 N–H and O–H groups in total. The molecule has 3 rings (SSSR count). The number of benzene rings is 2. The molecule has 2 aromatic rings. The standard InChI is InChI=1S/C19H20/c1-3-15(2)19(17-12-8-5-9-13-17)14-18(19)16-10-6-4-7-11-16/h3-13,18H,14H2,1-2H3. The molecular formula is C19H20. The molecule has 96 valence electrons. The summed E-state index contributed by atoms with van der Waals surface area (Å²) in [6.45, 7) is 4.43. The summed E-state index contributed by atoms with van der Waals surface area (Å²) in [7, 11) is 0. The molecule has 0 aliphatic heterocycles. The molecule has 0 saturated heterocycles. The van der Waals surface area contributed by atoms with E-state index in [0.717, 1.165) is 0 Å². The topological polar surface area (TPSA) is 0 Å². The van der Waals surface area contributed by atoms with Gasteiger partial charge in [0.1, 0.15) is 0 Å². The van der Waals surface area contributed by atoms with Crippen molar-refractivity contribution in [3.05, 3.63) is 83.4 Å². The molecule has 2 aromatic carbocycles. The van der Waals surface area contributed by atoms with Gasteiger partial charge in [0.25, 0.3) is 0 Å². The first-order valence-corrected chi connectivity index (χ1v) is 7.03. The maximum Gasteiger partial charge on any atom is 0.0234 e. The van der Waals surface area contributed by atoms with E-state index in [2.05, 4.69) is 80.6 Å². The third-order valence-electron chi connectivity index (χ3n) is 4.59. The van der Waals surface area contributed by atoms with Crippen molar-refractivity contribution in [1.82, 2.24) is 0 Å². The van der Waals surface area contributed by atoms with Gasteiger partial charge in [-0.25, -0.2) is 0 Å². The Morgan fingerprint density at radius 3 is 2.16 bits per heavy atom. The Bertz CT molecular complexity index is 580. The molecule has 0 bridgehead atoms. The highest BCUT2D eigenvalue weighted by Gasteiger charge is 2.56. The second-order valence-electron chi connectivity index (χ2n) is 5.48. The molecule has 19 heavy (non-hydrogen) atoms. The molecule has 0 nitrogen and oxygen atoms in total. The average molecular weight is 248 g/mol. The van der Waals surface area contributed by atoms with Gasteiger partial charge in [-0.05, 0) is 37.3 Å². The maximum absolute atomic E-state index is 2.27. The zero-order chi connectivity index (χ0) is 13.3. The van der Waals surface area contributed by atoms with Gasteiger partial charge in [0, 0.05) is 5.41 Å². The van der Waals surface area contributed by atoms with Crippen LogP contribution >= 0.6 is 0 Å². The molecule has 1 saturated carbocycles. The largest absolute Gasteiger partial charge is 0.0878 e. The Morgan fingerprint density at radius 1 is 1.00 bits per heavy atom. The van der Waals surface area contributed by atoms with E-state index in [-0.39, 0.29) is 5.41 Å². The molecule has 2 unspecified atom stereocenters. The summed E-state index contributed by atoms with van der Waals surface area (Å²) in [5.74, 6) is 0.632. The monoisotopic (exact) mass is 248 g/mol. The predicted molar refractivity (Wildman–Crippen MR) is 81.4 cm³/mol. The zero-order valence-electron chi connectivity index (χ0n) is 11.6. The molecule has 0 spiro atoms. The fraction of sp³-hybridized carbons (Fsp3) is 0.263. The minimum Gasteiger partial charge on any atom is -0.0878 e. The lowest BCUT2D eigenvalue weighted by Gasteiger charge is -2.19. The van der Waals surface area contributed by atoms with Crippen LogP contribution in [0.15, 0.2) is 72.3 Å². The summed E-state index contributed by atoms with van der Waals surface area (Å²) in [6, 6.07) is 21.9. The second kappa shape index (κ2) is 4.70. The lowest BCUT2D eigenvalue weighted by atomic mass is 9.84. The number of hydrogen-bond acceptors (Lipinski definition) is 0. The second-order valence-corrected chi connectivity index (χ2v) is 5.48. The van der Waals surface area contributed by atoms with Crippen molar-refractivity contribution >= 4 is 0 Å². The Morgan fingerprint density at radius 2 is 1.58 bits per heavy atom. The van der Waals surface area contributed by atoms with Gasteiger partial charge in [-0.2, -0.15) is 0 Å². The first-order valence-electron chi connectivity index (χ1n) is 7.03. The molecule has 2 atom stereocenters. The van der Waals surface area contributed by atoms with E-state index in [1.54, 1.807) is 0 Å². The lowest BCUT2D eigenvalue weighted by molar-refractivity contribution is 0.778. The van der Waals surface area contributed by atoms with Gasteiger partial charge >= 0.3 is 0 Å². The summed E-state index contributed by atoms with van der Waals surface area (Å²) in [5, 5.41) is 0. The predicted octanol–water partition coefficient (Wildman–Crippen LogP) is 5.08. The molecule has 1 aliphatic carbocycles. The minimum absolute atomic E-state index is 0.233. The van der Waals surface area contributed by atoms with Gasteiger partial charge in [-0.3, -0.25) is 0 Å². The van der Waals surface area contributed by atoms with Crippen molar-refractivity contribution in [2.45, 2.75) is 31.6 Å². The van der Waals surface area contributed by atoms with E-state index in [9.17, 15) is 0 Å². The Kier molecular flexibility index (Phi) is 3.02. The molecule has 0 heterocycles. The van der Waals surface area contributed by atoms with E-state index >= 15 is 0 Å². The SMILES string of the molecule is CC=C(C)C1(c2ccccc2)CC1c1ccccc1. The van der Waals surface area contributed by atoms with Crippen LogP contribution in [0.1, 0.15) is 37.3 Å². The normalized spacial score (nSPS) is 26.2. The molecule has 0 heteroatoms. The van der Waals surface area contributed by atoms with Crippen LogP contribution in [0.3, 0.4) is 0 Å². The maximum atomic E-state index is 2.27. The van der Waals surface area contributed by atoms with Crippen LogP contribution in [0.5, 0.6) is 0 Å². The quantitative estimate of drug-likeness (QED) is 0.665. The van der Waals surface area contributed by atoms with Crippen molar-refractivity contribution < 1.29 is 0 Å². The van der Waals surface area contributed by atoms with Crippen LogP contribution in [0.25, 0.3) is 0 Å². The van der Waals surface area contributed by atoms with Crippen LogP contribution in [0.4, 0.5) is 0 Å². The van der Waals surface area contributed by atoms with Crippen molar-refractivity contribution in [1.29, 1.82) is 0 Å². The smallest absolute Gasteiger partial charge is 0.0234 e. The molecule has 0 amide bonds. The summed E-state index contributed by atoms with van der Waals surface area (Å²) < 4.78 is 0. The minimum atomic E-state index is 0.233. The highest BCUT2D eigenvalue weighted by molar-refractivity contribution is 5.51. The van der Waals surface area contributed by atoms with E-state index in [1.165, 1.54) is 23.1 Å². The first kappa shape index (κ1) is 12.2. The van der Waals surface area contributed by atoms with Gasteiger partial charge in [-0.15, -0.1) is 0 Å². The summed E-state index contributed by atoms with van der Waals surface area (Å²) in [5.41, 5.74) is 4.65. The molecule has 1 fully saturated rings. The molecule has 0 radical (unpaired) electrons. The fourth-order valence-electron chi connectivity index (χ4n) is 3.33. The lowest BCUT2D eigenvalue weighted by Crippen LogP contribution is -2.11. The van der Waals surface area contributed by atoms with Crippen molar-refractivity contribution in [2.24, 2.45) is 0 Å². The molecular weight excluding hydrogens is 228 g/mol. The van der Waals surface area contributed by atoms with Crippen molar-refractivity contribution in [3.8, 4) is 0 Å². The fourth-order valence-corrected chi connectivity index (χ4v) is 3.33. The summed E-state index contributed by atoms with van der Waals surface area (Å²) in [6.07, 6.45) is 3.51. The van der Waals surface area contributed by atoms with Crippen molar-refractivity contribution in [3.63, 3.8) is 0 Å². The third-order valence-corrected chi connectivity index (χ3v) is 4.59. The van der Waals surface area contributed by atoms with Crippen LogP contribution < -0.4 is 0 Å². The number of hydrogen-bond donors (Lipinski definition) is 0. The summed E-state index contributed by atoms with van der Waals surface area (Å²) >= 11 is 0. The van der Waals surface area contributed by atoms with Crippen LogP contribution in [-0.4, -0.2) is 0 Å². The average Bonchev–Trinajstić information content (AvgIpc) is 3.25. The van der Waals surface area contributed by atoms with Crippen molar-refractivity contribution in [2.75, 3.05) is 0 Å². The Labute approximate surface area is 115 Å². The van der Waals surface area contributed by atoms with Gasteiger partial charge in [0.05, 0.1) is 0 Å². The van der Waals surface area contributed by atoms with Crippen LogP contribution in [0.2, 0.25) is 0 Å². The molecule has 0 aromatic heterocycles. The van der Waals surface area contributed by atoms with Crippen LogP contribution in [0, 0.1) is 0 Å². The Balaban J connectivity index is 2.04. The third kappa shape index (κ3) is 1.92. The van der Waals surface area contributed by atoms with Gasteiger partial charge < -0.3 is 0 Å². The van der Waals surface area contributed by atoms with Gasteiger partial charge in [0.2, 0.25) is 0 Å². The van der Waals surface area contributed by atoms with E-state index in [0.29, 0.717) is 5.92 Å². The summed E-state index contributed by atoms with van der Waals surface area (Å²) in [4.78, 5) is 0. The van der Waals surface area contributed by atoms with E-state index in [1.807, 2.05) is 0 Å². The highest BCUT2D eigenvalue weighted by atomic mass is 14.6. The number of rotatable bonds is 3. The van der Waals surface area contributed by atoms with Gasteiger partial charge in [0.15, 0.2) is 0 Å². The van der Waals surface area contributed by atoms with E-state index < -0.39 is 0 Å². The van der Waals surface area contributed by atoms with Gasteiger partial charge in [-0.1, -0.05) is 72.3 Å². The number of allylic oxidation sites excluding steroid dienone is 2. The molecule has 1 aliphatic rings. The Hall–Kier alpha value is -1.82. The van der Waals surface area contributed by atoms with Crippen LogP contribution in [-0.2, 0) is 5.41 Å². The highest BCUT2D eigenvalue weighted by Crippen LogP contribution is 2.64. The zero-order valence-corrected chi connectivity index (χ0v) is 11.6. The first-order chi connectivity index (χ1) is 9.29. The van der Waals surface area contributed by atoms with E-state index in [4.69, 9.17) is 0 Å².